The van der Waals surface area contributed by atoms with E-state index in [9.17, 15) is 0 Å². The van der Waals surface area contributed by atoms with Gasteiger partial charge in [0.15, 0.2) is 11.9 Å². The molecule has 0 saturated heterocycles. The first-order chi connectivity index (χ1) is 10.6. The fourth-order valence-electron chi connectivity index (χ4n) is 1.58. The maximum Gasteiger partial charge on any atom is 0.185 e. The van der Waals surface area contributed by atoms with Gasteiger partial charge in [-0.2, -0.15) is 0 Å². The second kappa shape index (κ2) is 22.0. The lowest BCUT2D eigenvalue weighted by molar-refractivity contribution is 0.566. The summed E-state index contributed by atoms with van der Waals surface area (Å²) in [4.78, 5) is 3.88. The number of rotatable bonds is 15. The van der Waals surface area contributed by atoms with Gasteiger partial charge in [-0.15, -0.1) is 24.8 Å². The lowest BCUT2D eigenvalue weighted by Gasteiger charge is -2.08. The Kier molecular flexibility index (Phi) is 25.4. The van der Waals surface area contributed by atoms with Crippen LogP contribution in [-0.4, -0.2) is 77.4 Å². The van der Waals surface area contributed by atoms with E-state index in [4.69, 9.17) is 22.6 Å². The fraction of sp³-hybridized carbons (Fsp3) is 0.833. The molecule has 10 nitrogen and oxygen atoms in total. The fourth-order valence-corrected chi connectivity index (χ4v) is 1.58. The number of aliphatic imine (C=N–C) groups is 1. The Morgan fingerprint density at radius 3 is 1.42 bits per heavy atom. The summed E-state index contributed by atoms with van der Waals surface area (Å²) >= 11 is 0. The van der Waals surface area contributed by atoms with Gasteiger partial charge < -0.3 is 43.8 Å². The summed E-state index contributed by atoms with van der Waals surface area (Å²) in [6.07, 6.45) is 0. The third-order valence-electron chi connectivity index (χ3n) is 2.64. The predicted molar refractivity (Wildman–Crippen MR) is 107 cm³/mol. The summed E-state index contributed by atoms with van der Waals surface area (Å²) in [5.74, 6) is 0.146. The van der Waals surface area contributed by atoms with Crippen LogP contribution in [0.25, 0.3) is 0 Å². The maximum absolute atomic E-state index is 6.98. The smallest absolute Gasteiger partial charge is 0.185 e. The molecular formula is C12H34Cl2N10. The van der Waals surface area contributed by atoms with Crippen LogP contribution in [0.1, 0.15) is 0 Å². The van der Waals surface area contributed by atoms with Crippen molar-refractivity contribution < 1.29 is 0 Å². The summed E-state index contributed by atoms with van der Waals surface area (Å²) in [6.45, 7) is 8.34. The molecular weight excluding hydrogens is 355 g/mol. The topological polar surface area (TPSA) is 174 Å². The largest absolute Gasteiger partial charge is 0.370 e. The lowest BCUT2D eigenvalue weighted by atomic mass is 10.5. The molecule has 0 amide bonds. The van der Waals surface area contributed by atoms with Crippen molar-refractivity contribution in [2.45, 2.75) is 0 Å². The molecule has 0 aliphatic rings. The number of guanidine groups is 2. The van der Waals surface area contributed by atoms with Crippen LogP contribution in [0, 0.1) is 5.41 Å². The van der Waals surface area contributed by atoms with E-state index < -0.39 is 0 Å². The van der Waals surface area contributed by atoms with Crippen LogP contribution >= 0.6 is 24.8 Å². The molecule has 0 unspecified atom stereocenters. The molecule has 0 radical (unpaired) electrons. The Hall–Kier alpha value is -1.04. The van der Waals surface area contributed by atoms with Gasteiger partial charge in [0, 0.05) is 58.9 Å². The van der Waals surface area contributed by atoms with Gasteiger partial charge in [-0.3, -0.25) is 10.4 Å². The summed E-state index contributed by atoms with van der Waals surface area (Å²) in [7, 11) is 0. The van der Waals surface area contributed by atoms with Gasteiger partial charge in [-0.25, -0.2) is 0 Å². The Bertz CT molecular complexity index is 300. The highest BCUT2D eigenvalue weighted by Gasteiger charge is 1.91. The molecule has 0 aliphatic heterocycles. The molecule has 24 heavy (non-hydrogen) atoms. The molecule has 0 bridgehead atoms. The minimum atomic E-state index is 0. The van der Waals surface area contributed by atoms with E-state index in [1.54, 1.807) is 0 Å². The highest BCUT2D eigenvalue weighted by Crippen LogP contribution is 1.67. The van der Waals surface area contributed by atoms with E-state index in [1.807, 2.05) is 0 Å². The SMILES string of the molecule is Cl.Cl.N=C(N)NCCNCCNCCNCCNCCN=C(N)N. The van der Waals surface area contributed by atoms with Crippen molar-refractivity contribution in [3.63, 3.8) is 0 Å². The molecule has 12 heteroatoms. The Morgan fingerprint density at radius 1 is 0.667 bits per heavy atom. The zero-order valence-electron chi connectivity index (χ0n) is 14.1. The van der Waals surface area contributed by atoms with Crippen molar-refractivity contribution in [1.82, 2.24) is 26.6 Å². The molecule has 0 rings (SSSR count). The summed E-state index contributed by atoms with van der Waals surface area (Å²) in [5, 5.41) is 22.9. The van der Waals surface area contributed by atoms with Crippen molar-refractivity contribution in [1.29, 1.82) is 5.41 Å². The number of halogens is 2. The van der Waals surface area contributed by atoms with Crippen LogP contribution in [0.3, 0.4) is 0 Å². The molecule has 0 heterocycles. The summed E-state index contributed by atoms with van der Waals surface area (Å²) in [6, 6.07) is 0. The number of nitrogens with two attached hydrogens (primary N) is 3. The first-order valence-corrected chi connectivity index (χ1v) is 7.59. The molecule has 0 aliphatic carbocycles. The summed E-state index contributed by atoms with van der Waals surface area (Å²) < 4.78 is 0. The lowest BCUT2D eigenvalue weighted by Crippen LogP contribution is -2.38. The van der Waals surface area contributed by atoms with Crippen molar-refractivity contribution in [3.8, 4) is 0 Å². The Morgan fingerprint density at radius 2 is 1.04 bits per heavy atom. The van der Waals surface area contributed by atoms with Crippen LogP contribution in [0.5, 0.6) is 0 Å². The minimum Gasteiger partial charge on any atom is -0.370 e. The quantitative estimate of drug-likeness (QED) is 0.0806. The first-order valence-electron chi connectivity index (χ1n) is 7.59. The zero-order chi connectivity index (χ0) is 16.5. The van der Waals surface area contributed by atoms with Crippen LogP contribution in [0.2, 0.25) is 0 Å². The Labute approximate surface area is 156 Å². The van der Waals surface area contributed by atoms with Crippen LogP contribution in [0.15, 0.2) is 4.99 Å². The van der Waals surface area contributed by atoms with Gasteiger partial charge >= 0.3 is 0 Å². The van der Waals surface area contributed by atoms with Crippen LogP contribution in [-0.2, 0) is 0 Å². The van der Waals surface area contributed by atoms with Crippen LogP contribution < -0.4 is 43.8 Å². The molecule has 146 valence electrons. The molecule has 0 atom stereocenters. The number of nitrogens with one attached hydrogen (secondary N) is 6. The van der Waals surface area contributed by atoms with E-state index in [-0.39, 0.29) is 36.7 Å². The second-order valence-electron chi connectivity index (χ2n) is 4.65. The monoisotopic (exact) mass is 388 g/mol. The number of hydrogen-bond acceptors (Lipinski definition) is 6. The van der Waals surface area contributed by atoms with Gasteiger partial charge in [0.25, 0.3) is 0 Å². The average molecular weight is 389 g/mol. The van der Waals surface area contributed by atoms with Gasteiger partial charge in [0.1, 0.15) is 0 Å². The average Bonchev–Trinajstić information content (AvgIpc) is 2.46. The normalized spacial score (nSPS) is 9.50. The van der Waals surface area contributed by atoms with E-state index in [1.165, 1.54) is 0 Å². The van der Waals surface area contributed by atoms with Crippen molar-refractivity contribution in [2.24, 2.45) is 22.2 Å². The van der Waals surface area contributed by atoms with E-state index in [0.717, 1.165) is 52.4 Å². The maximum atomic E-state index is 6.98. The minimum absolute atomic E-state index is 0. The molecule has 0 aromatic carbocycles. The predicted octanol–water partition coefficient (Wildman–Crippen LogP) is -3.06. The van der Waals surface area contributed by atoms with Crippen LogP contribution in [0.4, 0.5) is 0 Å². The van der Waals surface area contributed by atoms with Crippen molar-refractivity contribution in [2.75, 3.05) is 65.4 Å². The second-order valence-corrected chi connectivity index (χ2v) is 4.65. The third-order valence-corrected chi connectivity index (χ3v) is 2.64. The van der Waals surface area contributed by atoms with Gasteiger partial charge in [0.05, 0.1) is 6.54 Å². The molecule has 0 spiro atoms. The standard InChI is InChI=1S/C12H32N10.2ClH/c13-11(14)21-9-7-19-5-3-17-1-2-18-4-6-20-8-10-22-12(15)16;;/h17-20H,1-10H2,(H4,13,14,21)(H4,15,16,22);2*1H. The number of hydrogen-bond donors (Lipinski definition) is 9. The molecule has 0 aromatic rings. The van der Waals surface area contributed by atoms with E-state index >= 15 is 0 Å². The number of nitrogens with zero attached hydrogens (tertiary/aromatic N) is 1. The highest BCUT2D eigenvalue weighted by molar-refractivity contribution is 5.85. The van der Waals surface area contributed by atoms with E-state index in [2.05, 4.69) is 31.6 Å². The van der Waals surface area contributed by atoms with Gasteiger partial charge in [-0.1, -0.05) is 0 Å². The van der Waals surface area contributed by atoms with E-state index in [0.29, 0.717) is 13.1 Å². The zero-order valence-corrected chi connectivity index (χ0v) is 15.7. The molecule has 0 fully saturated rings. The highest BCUT2D eigenvalue weighted by atomic mass is 35.5. The van der Waals surface area contributed by atoms with Crippen molar-refractivity contribution >= 4 is 36.7 Å². The van der Waals surface area contributed by atoms with Gasteiger partial charge in [-0.05, 0) is 0 Å². The third kappa shape index (κ3) is 25.9. The van der Waals surface area contributed by atoms with Crippen molar-refractivity contribution in [3.05, 3.63) is 0 Å². The van der Waals surface area contributed by atoms with Gasteiger partial charge in [0.2, 0.25) is 0 Å². The Balaban J connectivity index is -0.00000220. The molecule has 0 saturated carbocycles. The summed E-state index contributed by atoms with van der Waals surface area (Å²) in [5.41, 5.74) is 15.6. The first kappa shape index (κ1) is 27.8. The molecule has 12 N–H and O–H groups in total. The molecule has 0 aromatic heterocycles.